The highest BCUT2D eigenvalue weighted by Gasteiger charge is 2.40. The predicted octanol–water partition coefficient (Wildman–Crippen LogP) is 3.78. The van der Waals surface area contributed by atoms with E-state index in [2.05, 4.69) is 57.3 Å². The molecule has 1 amide bonds. The molecular formula is C18H28N2O. The average molecular weight is 288 g/mol. The molecule has 3 heteroatoms. The lowest BCUT2D eigenvalue weighted by Crippen LogP contribution is -2.38. The molecule has 1 fully saturated rings. The zero-order valence-corrected chi connectivity index (χ0v) is 13.7. The number of nitrogens with one attached hydrogen (secondary N) is 1. The Balaban J connectivity index is 2.24. The molecule has 0 radical (unpaired) electrons. The Hall–Kier alpha value is -1.35. The molecule has 3 atom stereocenters. The molecule has 21 heavy (non-hydrogen) atoms. The number of benzene rings is 1. The van der Waals surface area contributed by atoms with E-state index in [4.69, 9.17) is 0 Å². The zero-order chi connectivity index (χ0) is 15.4. The van der Waals surface area contributed by atoms with Gasteiger partial charge in [-0.3, -0.25) is 10.1 Å². The molecule has 0 aromatic heterocycles. The van der Waals surface area contributed by atoms with Crippen LogP contribution in [0, 0.1) is 6.92 Å². The lowest BCUT2D eigenvalue weighted by molar-refractivity contribution is -0.132. The van der Waals surface area contributed by atoms with Crippen LogP contribution in [0.5, 0.6) is 0 Å². The van der Waals surface area contributed by atoms with Crippen molar-refractivity contribution in [2.75, 3.05) is 0 Å². The summed E-state index contributed by atoms with van der Waals surface area (Å²) in [6.45, 7) is 8.54. The van der Waals surface area contributed by atoms with Crippen molar-refractivity contribution in [1.82, 2.24) is 10.2 Å². The number of unbranched alkanes of at least 4 members (excludes halogenated alkanes) is 1. The number of aryl methyl sites for hydroxylation is 1. The van der Waals surface area contributed by atoms with Gasteiger partial charge in [0.05, 0.1) is 6.04 Å². The Morgan fingerprint density at radius 2 is 1.90 bits per heavy atom. The molecule has 0 spiro atoms. The molecule has 116 valence electrons. The fourth-order valence-electron chi connectivity index (χ4n) is 2.94. The first-order chi connectivity index (χ1) is 10.1. The normalized spacial score (nSPS) is 23.6. The van der Waals surface area contributed by atoms with Gasteiger partial charge in [-0.2, -0.15) is 0 Å². The molecule has 1 N–H and O–H groups in total. The lowest BCUT2D eigenvalue weighted by Gasteiger charge is -2.30. The highest BCUT2D eigenvalue weighted by atomic mass is 16.2. The summed E-state index contributed by atoms with van der Waals surface area (Å²) in [7, 11) is 0. The van der Waals surface area contributed by atoms with Crippen molar-refractivity contribution in [3.8, 4) is 0 Å². The summed E-state index contributed by atoms with van der Waals surface area (Å²) < 4.78 is 0. The Kier molecular flexibility index (Phi) is 5.40. The molecule has 3 unspecified atom stereocenters. The maximum absolute atomic E-state index is 12.7. The number of carbonyl (C=O) groups excluding carboxylic acids is 1. The van der Waals surface area contributed by atoms with E-state index in [9.17, 15) is 4.79 Å². The number of nitrogens with zero attached hydrogens (tertiary/aromatic N) is 1. The van der Waals surface area contributed by atoms with Crippen LogP contribution in [0.25, 0.3) is 0 Å². The fraction of sp³-hybridized carbons (Fsp3) is 0.611. The van der Waals surface area contributed by atoms with Gasteiger partial charge in [0, 0.05) is 6.04 Å². The van der Waals surface area contributed by atoms with E-state index < -0.39 is 0 Å². The van der Waals surface area contributed by atoms with Crippen LogP contribution in [-0.2, 0) is 4.79 Å². The summed E-state index contributed by atoms with van der Waals surface area (Å²) in [6.07, 6.45) is 4.17. The highest BCUT2D eigenvalue weighted by Crippen LogP contribution is 2.30. The van der Waals surface area contributed by atoms with Gasteiger partial charge in [-0.05, 0) is 32.3 Å². The van der Waals surface area contributed by atoms with Crippen molar-refractivity contribution in [1.29, 1.82) is 0 Å². The molecule has 1 saturated heterocycles. The summed E-state index contributed by atoms with van der Waals surface area (Å²) in [5.74, 6) is 0.267. The van der Waals surface area contributed by atoms with Crippen LogP contribution >= 0.6 is 0 Å². The third-order valence-electron chi connectivity index (χ3n) is 4.49. The summed E-state index contributed by atoms with van der Waals surface area (Å²) in [5, 5.41) is 3.55. The van der Waals surface area contributed by atoms with E-state index >= 15 is 0 Å². The molecule has 1 aliphatic rings. The third-order valence-corrected chi connectivity index (χ3v) is 4.49. The van der Waals surface area contributed by atoms with E-state index in [1.54, 1.807) is 0 Å². The van der Waals surface area contributed by atoms with Crippen molar-refractivity contribution in [2.45, 2.75) is 71.6 Å². The predicted molar refractivity (Wildman–Crippen MR) is 87.0 cm³/mol. The minimum atomic E-state index is -0.0229. The van der Waals surface area contributed by atoms with Gasteiger partial charge in [0.1, 0.15) is 6.17 Å². The number of hydrogen-bond donors (Lipinski definition) is 1. The van der Waals surface area contributed by atoms with Gasteiger partial charge in [-0.25, -0.2) is 0 Å². The maximum Gasteiger partial charge on any atom is 0.241 e. The van der Waals surface area contributed by atoms with E-state index in [0.717, 1.165) is 25.7 Å². The van der Waals surface area contributed by atoms with Gasteiger partial charge in [0.25, 0.3) is 0 Å². The lowest BCUT2D eigenvalue weighted by atomic mass is 10.1. The molecule has 1 aliphatic heterocycles. The van der Waals surface area contributed by atoms with Crippen LogP contribution in [-0.4, -0.2) is 22.9 Å². The van der Waals surface area contributed by atoms with Crippen LogP contribution in [0.2, 0.25) is 0 Å². The SMILES string of the molecule is CCCCC1NC(c2ccc(C)cc2)N(C(C)CC)C1=O. The average Bonchev–Trinajstić information content (AvgIpc) is 2.82. The third kappa shape index (κ3) is 3.46. The molecule has 0 bridgehead atoms. The van der Waals surface area contributed by atoms with Gasteiger partial charge in [0.15, 0.2) is 0 Å². The van der Waals surface area contributed by atoms with Gasteiger partial charge in [-0.1, -0.05) is 56.5 Å². The largest absolute Gasteiger partial charge is 0.319 e. The van der Waals surface area contributed by atoms with Crippen molar-refractivity contribution >= 4 is 5.91 Å². The number of hydrogen-bond acceptors (Lipinski definition) is 2. The first-order valence-corrected chi connectivity index (χ1v) is 8.23. The Labute approximate surface area is 128 Å². The standard InChI is InChI=1S/C18H28N2O/c1-5-7-8-16-18(21)20(14(4)6-2)17(19-16)15-11-9-13(3)10-12-15/h9-12,14,16-17,19H,5-8H2,1-4H3. The van der Waals surface area contributed by atoms with E-state index in [1.807, 2.05) is 4.90 Å². The summed E-state index contributed by atoms with van der Waals surface area (Å²) in [4.78, 5) is 14.8. The fourth-order valence-corrected chi connectivity index (χ4v) is 2.94. The van der Waals surface area contributed by atoms with Crippen molar-refractivity contribution < 1.29 is 4.79 Å². The van der Waals surface area contributed by atoms with Gasteiger partial charge < -0.3 is 4.90 Å². The first kappa shape index (κ1) is 16.0. The first-order valence-electron chi connectivity index (χ1n) is 8.23. The van der Waals surface area contributed by atoms with Crippen molar-refractivity contribution in [3.05, 3.63) is 35.4 Å². The van der Waals surface area contributed by atoms with E-state index in [-0.39, 0.29) is 24.2 Å². The molecular weight excluding hydrogens is 260 g/mol. The Morgan fingerprint density at radius 3 is 2.48 bits per heavy atom. The second kappa shape index (κ2) is 7.08. The topological polar surface area (TPSA) is 32.3 Å². The number of carbonyl (C=O) groups is 1. The monoisotopic (exact) mass is 288 g/mol. The summed E-state index contributed by atoms with van der Waals surface area (Å²) in [5.41, 5.74) is 2.44. The Morgan fingerprint density at radius 1 is 1.24 bits per heavy atom. The molecule has 0 saturated carbocycles. The molecule has 3 nitrogen and oxygen atoms in total. The van der Waals surface area contributed by atoms with Crippen LogP contribution in [0.1, 0.15) is 63.7 Å². The Bertz CT molecular complexity index is 469. The smallest absolute Gasteiger partial charge is 0.241 e. The van der Waals surface area contributed by atoms with Crippen molar-refractivity contribution in [2.24, 2.45) is 0 Å². The van der Waals surface area contributed by atoms with Gasteiger partial charge in [0.2, 0.25) is 5.91 Å². The van der Waals surface area contributed by atoms with Crippen molar-refractivity contribution in [3.63, 3.8) is 0 Å². The minimum absolute atomic E-state index is 0.0229. The van der Waals surface area contributed by atoms with Gasteiger partial charge >= 0.3 is 0 Å². The molecule has 1 heterocycles. The summed E-state index contributed by atoms with van der Waals surface area (Å²) in [6, 6.07) is 8.76. The van der Waals surface area contributed by atoms with Crippen LogP contribution in [0.3, 0.4) is 0 Å². The zero-order valence-electron chi connectivity index (χ0n) is 13.7. The molecule has 0 aliphatic carbocycles. The molecule has 2 rings (SSSR count). The molecule has 1 aromatic carbocycles. The van der Waals surface area contributed by atoms with E-state index in [0.29, 0.717) is 0 Å². The quantitative estimate of drug-likeness (QED) is 0.864. The summed E-state index contributed by atoms with van der Waals surface area (Å²) >= 11 is 0. The van der Waals surface area contributed by atoms with Crippen LogP contribution < -0.4 is 5.32 Å². The molecule has 1 aromatic rings. The van der Waals surface area contributed by atoms with Gasteiger partial charge in [-0.15, -0.1) is 0 Å². The minimum Gasteiger partial charge on any atom is -0.319 e. The van der Waals surface area contributed by atoms with Crippen LogP contribution in [0.4, 0.5) is 0 Å². The number of amides is 1. The van der Waals surface area contributed by atoms with E-state index in [1.165, 1.54) is 11.1 Å². The van der Waals surface area contributed by atoms with Crippen LogP contribution in [0.15, 0.2) is 24.3 Å². The number of rotatable bonds is 6. The maximum atomic E-state index is 12.7. The second-order valence-electron chi connectivity index (χ2n) is 6.18. The highest BCUT2D eigenvalue weighted by molar-refractivity contribution is 5.84. The second-order valence-corrected chi connectivity index (χ2v) is 6.18.